The van der Waals surface area contributed by atoms with Crippen LogP contribution in [0.4, 0.5) is 17.5 Å². The number of halogens is 1. The van der Waals surface area contributed by atoms with Crippen LogP contribution in [0.25, 0.3) is 10.9 Å². The minimum atomic E-state index is -0.306. The summed E-state index contributed by atoms with van der Waals surface area (Å²) in [7, 11) is 1.52. The first-order chi connectivity index (χ1) is 16.9. The van der Waals surface area contributed by atoms with Crippen molar-refractivity contribution < 1.29 is 9.53 Å². The highest BCUT2D eigenvalue weighted by molar-refractivity contribution is 6.32. The second kappa shape index (κ2) is 10.9. The quantitative estimate of drug-likeness (QED) is 0.484. The lowest BCUT2D eigenvalue weighted by atomic mass is 10.0. The maximum Gasteiger partial charge on any atom is 0.293 e. The number of aromatic nitrogens is 3. The van der Waals surface area contributed by atoms with E-state index in [2.05, 4.69) is 27.4 Å². The lowest BCUT2D eigenvalue weighted by molar-refractivity contribution is -0.122. The summed E-state index contributed by atoms with van der Waals surface area (Å²) in [6.45, 7) is 6.40. The van der Waals surface area contributed by atoms with E-state index in [1.54, 1.807) is 16.8 Å². The first-order valence-electron chi connectivity index (χ1n) is 11.9. The van der Waals surface area contributed by atoms with E-state index in [0.29, 0.717) is 29.3 Å². The summed E-state index contributed by atoms with van der Waals surface area (Å²) in [6, 6.07) is 7.36. The number of carbonyl (C=O) groups is 1. The molecule has 186 valence electrons. The number of nitrogens with one attached hydrogen (secondary N) is 2. The Morgan fingerprint density at radius 2 is 2.14 bits per heavy atom. The Balaban J connectivity index is 1.66. The van der Waals surface area contributed by atoms with Gasteiger partial charge in [0.15, 0.2) is 18.2 Å². The molecule has 1 aromatic carbocycles. The predicted octanol–water partition coefficient (Wildman–Crippen LogP) is 3.96. The molecule has 9 nitrogen and oxygen atoms in total. The maximum absolute atomic E-state index is 13.0. The van der Waals surface area contributed by atoms with Gasteiger partial charge in [-0.25, -0.2) is 4.98 Å². The van der Waals surface area contributed by atoms with Crippen molar-refractivity contribution in [2.45, 2.75) is 39.7 Å². The standard InChI is InChI=1S/C25H31ClN6O3/c1-4-9-32-20-8-7-18(11-17(20)12-21(24(32)34)35-15-22(33)27-3)29-23-19(26)13-28-25(30-23)31-10-5-6-16(2)14-31/h7-8,11-13,16H,4-6,9-10,14-15H2,1-3H3,(H,27,33)(H,28,29,30). The van der Waals surface area contributed by atoms with E-state index < -0.39 is 0 Å². The van der Waals surface area contributed by atoms with Gasteiger partial charge in [-0.2, -0.15) is 4.98 Å². The summed E-state index contributed by atoms with van der Waals surface area (Å²) >= 11 is 6.42. The van der Waals surface area contributed by atoms with Gasteiger partial charge in [-0.05, 0) is 49.4 Å². The molecule has 35 heavy (non-hydrogen) atoms. The number of carbonyl (C=O) groups excluding carboxylic acids is 1. The Morgan fingerprint density at radius 3 is 2.89 bits per heavy atom. The molecule has 1 amide bonds. The van der Waals surface area contributed by atoms with Crippen molar-refractivity contribution in [2.75, 3.05) is 37.0 Å². The van der Waals surface area contributed by atoms with Crippen molar-refractivity contribution in [2.24, 2.45) is 5.92 Å². The van der Waals surface area contributed by atoms with Gasteiger partial charge in [-0.3, -0.25) is 9.59 Å². The molecular formula is C25H31ClN6O3. The van der Waals surface area contributed by atoms with Crippen LogP contribution in [0.2, 0.25) is 5.02 Å². The highest BCUT2D eigenvalue weighted by atomic mass is 35.5. The normalized spacial score (nSPS) is 15.8. The molecular weight excluding hydrogens is 468 g/mol. The Bertz CT molecular complexity index is 1280. The average molecular weight is 499 g/mol. The fraction of sp³-hybridized carbons (Fsp3) is 0.440. The first-order valence-corrected chi connectivity index (χ1v) is 12.3. The Hall–Kier alpha value is -3.33. The molecule has 0 spiro atoms. The molecule has 2 N–H and O–H groups in total. The number of nitrogens with zero attached hydrogens (tertiary/aromatic N) is 4. The molecule has 0 bridgehead atoms. The molecule has 1 saturated heterocycles. The summed E-state index contributed by atoms with van der Waals surface area (Å²) in [4.78, 5) is 35.9. The minimum absolute atomic E-state index is 0.133. The molecule has 0 radical (unpaired) electrons. The second-order valence-electron chi connectivity index (χ2n) is 8.89. The maximum atomic E-state index is 13.0. The third-order valence-electron chi connectivity index (χ3n) is 6.08. The van der Waals surface area contributed by atoms with Gasteiger partial charge < -0.3 is 24.8 Å². The zero-order valence-electron chi connectivity index (χ0n) is 20.3. The van der Waals surface area contributed by atoms with Crippen molar-refractivity contribution in [3.05, 3.63) is 45.8 Å². The number of pyridine rings is 1. The SMILES string of the molecule is CCCn1c(=O)c(OCC(=O)NC)cc2cc(Nc3nc(N4CCCC(C)C4)ncc3Cl)ccc21. The third-order valence-corrected chi connectivity index (χ3v) is 6.36. The molecule has 0 saturated carbocycles. The molecule has 1 atom stereocenters. The van der Waals surface area contributed by atoms with Crippen LogP contribution in [0.15, 0.2) is 35.3 Å². The second-order valence-corrected chi connectivity index (χ2v) is 9.29. The Kier molecular flexibility index (Phi) is 7.75. The molecule has 1 aliphatic rings. The van der Waals surface area contributed by atoms with Crippen LogP contribution < -0.4 is 25.8 Å². The van der Waals surface area contributed by atoms with Gasteiger partial charge in [0, 0.05) is 37.8 Å². The van der Waals surface area contributed by atoms with E-state index in [9.17, 15) is 9.59 Å². The van der Waals surface area contributed by atoms with Gasteiger partial charge in [0.1, 0.15) is 5.02 Å². The van der Waals surface area contributed by atoms with E-state index in [1.165, 1.54) is 13.5 Å². The topological polar surface area (TPSA) is 101 Å². The Morgan fingerprint density at radius 1 is 1.31 bits per heavy atom. The number of ether oxygens (including phenoxy) is 1. The number of benzene rings is 1. The number of rotatable bonds is 8. The smallest absolute Gasteiger partial charge is 0.293 e. The van der Waals surface area contributed by atoms with Crippen molar-refractivity contribution in [3.8, 4) is 5.75 Å². The number of aryl methyl sites for hydroxylation is 1. The van der Waals surface area contributed by atoms with Crippen LogP contribution >= 0.6 is 11.6 Å². The monoisotopic (exact) mass is 498 g/mol. The molecule has 2 aromatic heterocycles. The first kappa shape index (κ1) is 24.8. The highest BCUT2D eigenvalue weighted by Crippen LogP contribution is 2.29. The van der Waals surface area contributed by atoms with Gasteiger partial charge in [-0.15, -0.1) is 0 Å². The largest absolute Gasteiger partial charge is 0.478 e. The zero-order valence-corrected chi connectivity index (χ0v) is 21.1. The number of likely N-dealkylation sites (N-methyl/N-ethyl adjacent to an activating group) is 1. The molecule has 1 aliphatic heterocycles. The molecule has 3 aromatic rings. The number of amides is 1. The molecule has 10 heteroatoms. The number of anilines is 3. The fourth-order valence-electron chi connectivity index (χ4n) is 4.31. The molecule has 0 aliphatic carbocycles. The van der Waals surface area contributed by atoms with Gasteiger partial charge >= 0.3 is 0 Å². The lowest BCUT2D eigenvalue weighted by Crippen LogP contribution is -2.35. The summed E-state index contributed by atoms with van der Waals surface area (Å²) in [5.41, 5.74) is 1.28. The molecule has 1 fully saturated rings. The van der Waals surface area contributed by atoms with Crippen LogP contribution in [-0.2, 0) is 11.3 Å². The van der Waals surface area contributed by atoms with Gasteiger partial charge in [0.25, 0.3) is 11.5 Å². The van der Waals surface area contributed by atoms with Crippen LogP contribution in [0.1, 0.15) is 33.1 Å². The molecule has 4 rings (SSSR count). The van der Waals surface area contributed by atoms with Crippen LogP contribution in [0.3, 0.4) is 0 Å². The van der Waals surface area contributed by atoms with Gasteiger partial charge in [-0.1, -0.05) is 25.4 Å². The number of piperidine rings is 1. The summed E-state index contributed by atoms with van der Waals surface area (Å²) in [5.74, 6) is 1.60. The van der Waals surface area contributed by atoms with E-state index in [4.69, 9.17) is 21.3 Å². The van der Waals surface area contributed by atoms with E-state index in [0.717, 1.165) is 42.5 Å². The molecule has 3 heterocycles. The summed E-state index contributed by atoms with van der Waals surface area (Å²) in [5, 5.41) is 7.01. The third kappa shape index (κ3) is 5.67. The molecule has 1 unspecified atom stereocenters. The van der Waals surface area contributed by atoms with Gasteiger partial charge in [0.2, 0.25) is 5.95 Å². The highest BCUT2D eigenvalue weighted by Gasteiger charge is 2.20. The average Bonchev–Trinajstić information content (AvgIpc) is 2.85. The van der Waals surface area contributed by atoms with Crippen LogP contribution in [0.5, 0.6) is 5.75 Å². The number of fused-ring (bicyclic) bond motifs is 1. The fourth-order valence-corrected chi connectivity index (χ4v) is 4.45. The number of hydrogen-bond donors (Lipinski definition) is 2. The van der Waals surface area contributed by atoms with Crippen LogP contribution in [0, 0.1) is 5.92 Å². The lowest BCUT2D eigenvalue weighted by Gasteiger charge is -2.31. The van der Waals surface area contributed by atoms with Crippen molar-refractivity contribution in [3.63, 3.8) is 0 Å². The van der Waals surface area contributed by atoms with E-state index in [-0.39, 0.29) is 23.8 Å². The number of hydrogen-bond acceptors (Lipinski definition) is 7. The van der Waals surface area contributed by atoms with Crippen molar-refractivity contribution in [1.82, 2.24) is 19.9 Å². The van der Waals surface area contributed by atoms with Crippen LogP contribution in [-0.4, -0.2) is 47.2 Å². The van der Waals surface area contributed by atoms with Gasteiger partial charge in [0.05, 0.1) is 11.7 Å². The zero-order chi connectivity index (χ0) is 24.9. The summed E-state index contributed by atoms with van der Waals surface area (Å²) < 4.78 is 7.21. The predicted molar refractivity (Wildman–Crippen MR) is 139 cm³/mol. The summed E-state index contributed by atoms with van der Waals surface area (Å²) in [6.07, 6.45) is 4.73. The van der Waals surface area contributed by atoms with E-state index in [1.807, 2.05) is 25.1 Å². The minimum Gasteiger partial charge on any atom is -0.478 e. The Labute approximate surface area is 209 Å². The van der Waals surface area contributed by atoms with E-state index >= 15 is 0 Å². The van der Waals surface area contributed by atoms with Crippen molar-refractivity contribution >= 4 is 45.9 Å². The van der Waals surface area contributed by atoms with Crippen molar-refractivity contribution in [1.29, 1.82) is 0 Å².